The molecule has 172 valence electrons. The van der Waals surface area contributed by atoms with E-state index in [2.05, 4.69) is 16.9 Å². The van der Waals surface area contributed by atoms with Crippen molar-refractivity contribution in [2.45, 2.75) is 25.5 Å². The van der Waals surface area contributed by atoms with Crippen LogP contribution in [0, 0.1) is 6.92 Å². The molecule has 0 radical (unpaired) electrons. The van der Waals surface area contributed by atoms with Gasteiger partial charge >= 0.3 is 5.97 Å². The van der Waals surface area contributed by atoms with Crippen molar-refractivity contribution in [3.8, 4) is 0 Å². The number of carbonyl (C=O) groups is 3. The monoisotopic (exact) mass is 486 g/mol. The molecule has 0 fully saturated rings. The van der Waals surface area contributed by atoms with Gasteiger partial charge in [0, 0.05) is 6.54 Å². The van der Waals surface area contributed by atoms with Gasteiger partial charge in [-0.05, 0) is 31.5 Å². The van der Waals surface area contributed by atoms with Crippen molar-refractivity contribution in [3.63, 3.8) is 0 Å². The molecule has 0 aliphatic carbocycles. The second-order valence-corrected chi connectivity index (χ2v) is 8.76. The summed E-state index contributed by atoms with van der Waals surface area (Å²) in [6.45, 7) is 7.28. The summed E-state index contributed by atoms with van der Waals surface area (Å²) in [4.78, 5) is 54.3. The number of benzene rings is 1. The number of hydrogen-bond donors (Lipinski definition) is 2. The normalized spacial score (nSPS) is 10.7. The number of primary amides is 1. The van der Waals surface area contributed by atoms with Crippen molar-refractivity contribution >= 4 is 56.8 Å². The molecule has 9 nitrogen and oxygen atoms in total. The van der Waals surface area contributed by atoms with Crippen molar-refractivity contribution in [1.82, 2.24) is 9.55 Å². The lowest BCUT2D eigenvalue weighted by molar-refractivity contribution is -0.113. The number of hydrogen-bond acceptors (Lipinski definition) is 8. The Labute approximate surface area is 197 Å². The standard InChI is InChI=1S/C22H22N4O5S2/c1-4-10-26-20(29)13-8-6-7-9-14(13)24-22(26)32-11-15(27)25-19-16(21(30)31-5-2)12(3)17(33-19)18(23)28/h4,6-9H,1,5,10-11H2,2-3H3,(H2,23,28)(H,25,27). The lowest BCUT2D eigenvalue weighted by atomic mass is 10.1. The maximum Gasteiger partial charge on any atom is 0.341 e. The number of nitrogens with two attached hydrogens (primary N) is 1. The highest BCUT2D eigenvalue weighted by molar-refractivity contribution is 7.99. The first-order valence-electron chi connectivity index (χ1n) is 9.91. The van der Waals surface area contributed by atoms with Gasteiger partial charge in [0.25, 0.3) is 11.5 Å². The number of nitrogens with zero attached hydrogens (tertiary/aromatic N) is 2. The van der Waals surface area contributed by atoms with Crippen LogP contribution in [0.1, 0.15) is 32.5 Å². The predicted octanol–water partition coefficient (Wildman–Crippen LogP) is 2.96. The van der Waals surface area contributed by atoms with Crippen LogP contribution < -0.4 is 16.6 Å². The average molecular weight is 487 g/mol. The van der Waals surface area contributed by atoms with E-state index in [1.807, 2.05) is 0 Å². The summed E-state index contributed by atoms with van der Waals surface area (Å²) < 4.78 is 6.49. The lowest BCUT2D eigenvalue weighted by Crippen LogP contribution is -2.24. The number of rotatable bonds is 9. The minimum absolute atomic E-state index is 0.0902. The molecule has 3 aromatic rings. The van der Waals surface area contributed by atoms with Gasteiger partial charge in [0.15, 0.2) is 5.16 Å². The van der Waals surface area contributed by atoms with Gasteiger partial charge in [-0.1, -0.05) is 30.0 Å². The molecule has 0 aliphatic rings. The largest absolute Gasteiger partial charge is 0.462 e. The number of allylic oxidation sites excluding steroid dienone is 1. The van der Waals surface area contributed by atoms with Gasteiger partial charge in [-0.25, -0.2) is 9.78 Å². The molecular formula is C22H22N4O5S2. The van der Waals surface area contributed by atoms with E-state index in [1.165, 1.54) is 4.57 Å². The number of para-hydroxylation sites is 1. The highest BCUT2D eigenvalue weighted by Crippen LogP contribution is 2.33. The zero-order valence-corrected chi connectivity index (χ0v) is 19.7. The van der Waals surface area contributed by atoms with Crippen molar-refractivity contribution < 1.29 is 19.1 Å². The van der Waals surface area contributed by atoms with Crippen LogP contribution in [0.2, 0.25) is 0 Å². The summed E-state index contributed by atoms with van der Waals surface area (Å²) in [7, 11) is 0. The number of ether oxygens (including phenoxy) is 1. The summed E-state index contributed by atoms with van der Waals surface area (Å²) in [5, 5.41) is 3.67. The van der Waals surface area contributed by atoms with Gasteiger partial charge in [0.05, 0.1) is 33.7 Å². The van der Waals surface area contributed by atoms with Crippen LogP contribution in [0.15, 0.2) is 46.9 Å². The summed E-state index contributed by atoms with van der Waals surface area (Å²) >= 11 is 1.99. The Morgan fingerprint density at radius 2 is 2.06 bits per heavy atom. The predicted molar refractivity (Wildman–Crippen MR) is 129 cm³/mol. The topological polar surface area (TPSA) is 133 Å². The first kappa shape index (κ1) is 24.2. The lowest BCUT2D eigenvalue weighted by Gasteiger charge is -2.11. The number of nitrogens with one attached hydrogen (secondary N) is 1. The summed E-state index contributed by atoms with van der Waals surface area (Å²) in [5.74, 6) is -1.90. The number of esters is 1. The van der Waals surface area contributed by atoms with E-state index >= 15 is 0 Å². The van der Waals surface area contributed by atoms with Crippen molar-refractivity contribution in [1.29, 1.82) is 0 Å². The SMILES string of the molecule is C=CCn1c(SCC(=O)Nc2sc(C(N)=O)c(C)c2C(=O)OCC)nc2ccccc2c1=O. The van der Waals surface area contributed by atoms with Gasteiger partial charge in [0.2, 0.25) is 5.91 Å². The third-order valence-corrected chi connectivity index (χ3v) is 6.77. The molecule has 0 unspecified atom stereocenters. The highest BCUT2D eigenvalue weighted by Gasteiger charge is 2.26. The van der Waals surface area contributed by atoms with E-state index in [4.69, 9.17) is 10.5 Å². The minimum Gasteiger partial charge on any atom is -0.462 e. The molecular weight excluding hydrogens is 464 g/mol. The van der Waals surface area contributed by atoms with Crippen LogP contribution in [0.4, 0.5) is 5.00 Å². The van der Waals surface area contributed by atoms with Gasteiger partial charge in [-0.15, -0.1) is 17.9 Å². The zero-order chi connectivity index (χ0) is 24.1. The maximum atomic E-state index is 12.8. The zero-order valence-electron chi connectivity index (χ0n) is 18.0. The molecule has 3 rings (SSSR count). The molecule has 11 heteroatoms. The Morgan fingerprint density at radius 1 is 1.33 bits per heavy atom. The second-order valence-electron chi connectivity index (χ2n) is 6.80. The third-order valence-electron chi connectivity index (χ3n) is 4.57. The smallest absolute Gasteiger partial charge is 0.341 e. The molecule has 0 atom stereocenters. The first-order chi connectivity index (χ1) is 15.8. The molecule has 0 saturated heterocycles. The van der Waals surface area contributed by atoms with Crippen LogP contribution in [0.3, 0.4) is 0 Å². The third kappa shape index (κ3) is 5.15. The quantitative estimate of drug-likeness (QED) is 0.206. The molecule has 1 aromatic carbocycles. The fourth-order valence-electron chi connectivity index (χ4n) is 3.13. The van der Waals surface area contributed by atoms with E-state index in [1.54, 1.807) is 44.2 Å². The Bertz CT molecular complexity index is 1310. The van der Waals surface area contributed by atoms with E-state index in [-0.39, 0.29) is 39.9 Å². The second kappa shape index (κ2) is 10.5. The van der Waals surface area contributed by atoms with Crippen LogP contribution in [-0.4, -0.2) is 39.7 Å². The number of thioether (sulfide) groups is 1. The Hall–Kier alpha value is -3.44. The molecule has 2 amide bonds. The molecule has 2 heterocycles. The van der Waals surface area contributed by atoms with E-state index in [0.717, 1.165) is 23.1 Å². The van der Waals surface area contributed by atoms with Crippen LogP contribution in [0.5, 0.6) is 0 Å². The number of fused-ring (bicyclic) bond motifs is 1. The summed E-state index contributed by atoms with van der Waals surface area (Å²) in [5.41, 5.74) is 6.14. The average Bonchev–Trinajstić information content (AvgIpc) is 3.10. The van der Waals surface area contributed by atoms with E-state index < -0.39 is 17.8 Å². The molecule has 2 aromatic heterocycles. The number of aromatic nitrogens is 2. The van der Waals surface area contributed by atoms with Gasteiger partial charge in [-0.2, -0.15) is 0 Å². The first-order valence-corrected chi connectivity index (χ1v) is 11.7. The Kier molecular flexibility index (Phi) is 7.67. The highest BCUT2D eigenvalue weighted by atomic mass is 32.2. The molecule has 0 bridgehead atoms. The van der Waals surface area contributed by atoms with Crippen LogP contribution in [-0.2, 0) is 16.1 Å². The van der Waals surface area contributed by atoms with Crippen LogP contribution >= 0.6 is 23.1 Å². The minimum atomic E-state index is -0.702. The number of amides is 2. The molecule has 33 heavy (non-hydrogen) atoms. The van der Waals surface area contributed by atoms with Gasteiger partial charge < -0.3 is 15.8 Å². The Balaban J connectivity index is 1.86. The number of thiophene rings is 1. The summed E-state index contributed by atoms with van der Waals surface area (Å²) in [6.07, 6.45) is 1.58. The fourth-order valence-corrected chi connectivity index (χ4v) is 5.00. The molecule has 0 aliphatic heterocycles. The van der Waals surface area contributed by atoms with Gasteiger partial charge in [-0.3, -0.25) is 19.0 Å². The Morgan fingerprint density at radius 3 is 2.73 bits per heavy atom. The number of anilines is 1. The van der Waals surface area contributed by atoms with Crippen LogP contribution in [0.25, 0.3) is 10.9 Å². The van der Waals surface area contributed by atoms with Crippen molar-refractivity contribution in [2.75, 3.05) is 17.7 Å². The number of carbonyl (C=O) groups excluding carboxylic acids is 3. The molecule has 0 spiro atoms. The van der Waals surface area contributed by atoms with Crippen molar-refractivity contribution in [2.24, 2.45) is 5.73 Å². The van der Waals surface area contributed by atoms with Crippen molar-refractivity contribution in [3.05, 3.63) is 63.3 Å². The van der Waals surface area contributed by atoms with E-state index in [0.29, 0.717) is 21.6 Å². The molecule has 3 N–H and O–H groups in total. The fraction of sp³-hybridized carbons (Fsp3) is 0.227. The molecule has 0 saturated carbocycles. The van der Waals surface area contributed by atoms with E-state index in [9.17, 15) is 19.2 Å². The maximum absolute atomic E-state index is 12.8. The van der Waals surface area contributed by atoms with Gasteiger partial charge in [0.1, 0.15) is 5.00 Å². The summed E-state index contributed by atoms with van der Waals surface area (Å²) in [6, 6.07) is 6.96.